The zero-order valence-corrected chi connectivity index (χ0v) is 14.0. The smallest absolute Gasteiger partial charge is 0.209 e. The summed E-state index contributed by atoms with van der Waals surface area (Å²) in [5.74, 6) is 2.63. The van der Waals surface area contributed by atoms with E-state index in [1.807, 2.05) is 19.0 Å². The quantitative estimate of drug-likeness (QED) is 0.839. The summed E-state index contributed by atoms with van der Waals surface area (Å²) >= 11 is 0. The van der Waals surface area contributed by atoms with E-state index in [4.69, 9.17) is 0 Å². The van der Waals surface area contributed by atoms with Gasteiger partial charge in [-0.2, -0.15) is 0 Å². The van der Waals surface area contributed by atoms with Gasteiger partial charge in [-0.3, -0.25) is 0 Å². The molecule has 1 saturated carbocycles. The van der Waals surface area contributed by atoms with Gasteiger partial charge in [0.05, 0.1) is 6.26 Å². The molecule has 22 heavy (non-hydrogen) atoms. The lowest BCUT2D eigenvalue weighted by Crippen LogP contribution is -2.40. The predicted octanol–water partition coefficient (Wildman–Crippen LogP) is 0.307. The summed E-state index contributed by atoms with van der Waals surface area (Å²) in [5.41, 5.74) is 0. The Labute approximate surface area is 131 Å². The first-order chi connectivity index (χ1) is 10.3. The Morgan fingerprint density at radius 3 is 2.50 bits per heavy atom. The van der Waals surface area contributed by atoms with Gasteiger partial charge in [0, 0.05) is 45.6 Å². The van der Waals surface area contributed by atoms with Crippen molar-refractivity contribution in [2.75, 3.05) is 43.2 Å². The van der Waals surface area contributed by atoms with Gasteiger partial charge in [-0.25, -0.2) is 23.1 Å². The number of aromatic nitrogens is 2. The number of hydrogen-bond acceptors (Lipinski definition) is 6. The van der Waals surface area contributed by atoms with Crippen molar-refractivity contribution in [1.29, 1.82) is 0 Å². The molecule has 2 atom stereocenters. The molecule has 1 saturated heterocycles. The van der Waals surface area contributed by atoms with Gasteiger partial charge in [0.25, 0.3) is 0 Å². The van der Waals surface area contributed by atoms with Crippen molar-refractivity contribution >= 4 is 21.7 Å². The first kappa shape index (κ1) is 15.5. The number of nitrogens with zero attached hydrogens (tertiary/aromatic N) is 4. The minimum Gasteiger partial charge on any atom is -0.360 e. The molecule has 2 heterocycles. The Morgan fingerprint density at radius 2 is 1.91 bits per heavy atom. The van der Waals surface area contributed by atoms with Crippen LogP contribution in [-0.4, -0.2) is 57.9 Å². The molecule has 2 fully saturated rings. The van der Waals surface area contributed by atoms with E-state index < -0.39 is 10.0 Å². The molecule has 1 aromatic heterocycles. The number of anilines is 2. The van der Waals surface area contributed by atoms with Crippen LogP contribution in [0.3, 0.4) is 0 Å². The third kappa shape index (κ3) is 3.33. The van der Waals surface area contributed by atoms with E-state index in [0.29, 0.717) is 18.4 Å². The Morgan fingerprint density at radius 1 is 1.23 bits per heavy atom. The van der Waals surface area contributed by atoms with E-state index in [2.05, 4.69) is 19.6 Å². The second-order valence-corrected chi connectivity index (χ2v) is 8.28. The van der Waals surface area contributed by atoms with E-state index in [0.717, 1.165) is 18.2 Å². The van der Waals surface area contributed by atoms with Crippen LogP contribution in [-0.2, 0) is 10.0 Å². The highest BCUT2D eigenvalue weighted by molar-refractivity contribution is 7.88. The molecule has 1 aliphatic heterocycles. The van der Waals surface area contributed by atoms with Gasteiger partial charge < -0.3 is 9.80 Å². The average Bonchev–Trinajstić information content (AvgIpc) is 3.19. The first-order valence-corrected chi connectivity index (χ1v) is 9.45. The monoisotopic (exact) mass is 325 g/mol. The molecular formula is C14H23N5O2S. The summed E-state index contributed by atoms with van der Waals surface area (Å²) < 4.78 is 26.1. The van der Waals surface area contributed by atoms with Gasteiger partial charge in [-0.1, -0.05) is 0 Å². The minimum atomic E-state index is -3.20. The van der Waals surface area contributed by atoms with Gasteiger partial charge in [0.15, 0.2) is 11.6 Å². The van der Waals surface area contributed by atoms with E-state index >= 15 is 0 Å². The normalized spacial score (nSPS) is 25.5. The summed E-state index contributed by atoms with van der Waals surface area (Å²) in [6, 6.07) is -0.0421. The van der Waals surface area contributed by atoms with Crippen LogP contribution in [0.15, 0.2) is 12.4 Å². The van der Waals surface area contributed by atoms with Crippen LogP contribution in [0.1, 0.15) is 12.8 Å². The molecule has 1 aromatic rings. The molecule has 1 N–H and O–H groups in total. The molecule has 0 radical (unpaired) electrons. The van der Waals surface area contributed by atoms with Crippen LogP contribution < -0.4 is 14.5 Å². The van der Waals surface area contributed by atoms with Crippen molar-refractivity contribution in [3.63, 3.8) is 0 Å². The van der Waals surface area contributed by atoms with Crippen LogP contribution in [0.25, 0.3) is 0 Å². The molecule has 0 bridgehead atoms. The number of nitrogens with one attached hydrogen (secondary N) is 1. The molecule has 122 valence electrons. The molecule has 1 aliphatic carbocycles. The molecule has 0 amide bonds. The SMILES string of the molecule is CN(C)c1nccnc1N1C[C@H](NS(C)(=O)=O)[C@@H](C2CC2)C1. The first-order valence-electron chi connectivity index (χ1n) is 7.56. The maximum Gasteiger partial charge on any atom is 0.209 e. The molecule has 7 nitrogen and oxygen atoms in total. The highest BCUT2D eigenvalue weighted by Crippen LogP contribution is 2.43. The van der Waals surface area contributed by atoms with Crippen LogP contribution in [0.5, 0.6) is 0 Å². The fraction of sp³-hybridized carbons (Fsp3) is 0.714. The number of hydrogen-bond donors (Lipinski definition) is 1. The molecule has 0 aromatic carbocycles. The lowest BCUT2D eigenvalue weighted by Gasteiger charge is -2.22. The number of sulfonamides is 1. The van der Waals surface area contributed by atoms with Crippen LogP contribution in [0.2, 0.25) is 0 Å². The fourth-order valence-electron chi connectivity index (χ4n) is 3.27. The maximum absolute atomic E-state index is 11.6. The molecule has 0 spiro atoms. The molecule has 3 rings (SSSR count). The second-order valence-electron chi connectivity index (χ2n) is 6.50. The van der Waals surface area contributed by atoms with Gasteiger partial charge >= 0.3 is 0 Å². The molecular weight excluding hydrogens is 302 g/mol. The standard InChI is InChI=1S/C14H23N5O2S/c1-18(2)13-14(16-7-6-15-13)19-8-11(10-4-5-10)12(9-19)17-22(3,20)21/h6-7,10-12,17H,4-5,8-9H2,1-3H3/t11-,12+/m1/s1. The predicted molar refractivity (Wildman–Crippen MR) is 86.6 cm³/mol. The van der Waals surface area contributed by atoms with Gasteiger partial charge in [0.1, 0.15) is 0 Å². The molecule has 8 heteroatoms. The summed E-state index contributed by atoms with van der Waals surface area (Å²) in [4.78, 5) is 13.0. The summed E-state index contributed by atoms with van der Waals surface area (Å²) in [6.07, 6.45) is 6.99. The molecule has 0 unspecified atom stereocenters. The zero-order valence-electron chi connectivity index (χ0n) is 13.2. The van der Waals surface area contributed by atoms with Crippen molar-refractivity contribution in [2.45, 2.75) is 18.9 Å². The van der Waals surface area contributed by atoms with Crippen molar-refractivity contribution in [3.05, 3.63) is 12.4 Å². The topological polar surface area (TPSA) is 78.4 Å². The fourth-order valence-corrected chi connectivity index (χ4v) is 4.06. The summed E-state index contributed by atoms with van der Waals surface area (Å²) in [7, 11) is 0.676. The van der Waals surface area contributed by atoms with E-state index in [-0.39, 0.29) is 6.04 Å². The van der Waals surface area contributed by atoms with Crippen molar-refractivity contribution in [2.24, 2.45) is 11.8 Å². The zero-order chi connectivity index (χ0) is 15.9. The summed E-state index contributed by atoms with van der Waals surface area (Å²) in [5, 5.41) is 0. The van der Waals surface area contributed by atoms with Gasteiger partial charge in [-0.05, 0) is 24.7 Å². The van der Waals surface area contributed by atoms with Crippen LogP contribution in [0, 0.1) is 11.8 Å². The highest BCUT2D eigenvalue weighted by atomic mass is 32.2. The average molecular weight is 325 g/mol. The summed E-state index contributed by atoms with van der Waals surface area (Å²) in [6.45, 7) is 1.48. The minimum absolute atomic E-state index is 0.0421. The van der Waals surface area contributed by atoms with Gasteiger partial charge in [0.2, 0.25) is 10.0 Å². The third-order valence-corrected chi connectivity index (χ3v) is 5.07. The van der Waals surface area contributed by atoms with Crippen LogP contribution in [0.4, 0.5) is 11.6 Å². The van der Waals surface area contributed by atoms with Crippen molar-refractivity contribution in [3.8, 4) is 0 Å². The third-order valence-electron chi connectivity index (χ3n) is 4.34. The van der Waals surface area contributed by atoms with Gasteiger partial charge in [-0.15, -0.1) is 0 Å². The Kier molecular flexibility index (Phi) is 3.98. The van der Waals surface area contributed by atoms with E-state index in [9.17, 15) is 8.42 Å². The van der Waals surface area contributed by atoms with Crippen LogP contribution >= 0.6 is 0 Å². The highest BCUT2D eigenvalue weighted by Gasteiger charge is 2.44. The maximum atomic E-state index is 11.6. The Hall–Kier alpha value is -1.41. The van der Waals surface area contributed by atoms with E-state index in [1.165, 1.54) is 19.1 Å². The van der Waals surface area contributed by atoms with E-state index in [1.54, 1.807) is 12.4 Å². The lowest BCUT2D eigenvalue weighted by atomic mass is 9.99. The molecule has 2 aliphatic rings. The Balaban J connectivity index is 1.84. The van der Waals surface area contributed by atoms with Crippen molar-refractivity contribution < 1.29 is 8.42 Å². The Bertz CT molecular complexity index is 644. The number of rotatable bonds is 5. The second kappa shape index (κ2) is 5.66. The lowest BCUT2D eigenvalue weighted by molar-refractivity contribution is 0.427. The largest absolute Gasteiger partial charge is 0.360 e. The van der Waals surface area contributed by atoms with Crippen molar-refractivity contribution in [1.82, 2.24) is 14.7 Å².